The Morgan fingerprint density at radius 1 is 1.48 bits per heavy atom. The Morgan fingerprint density at radius 3 is 2.86 bits per heavy atom. The van der Waals surface area contributed by atoms with Crippen LogP contribution in [0, 0.1) is 0 Å². The SMILES string of the molecule is CCC(O)c1cccc(S(=O)(=O)N(C)CC2CCCO2)c1. The van der Waals surface area contributed by atoms with E-state index in [0.29, 0.717) is 25.1 Å². The molecule has 1 aliphatic rings. The summed E-state index contributed by atoms with van der Waals surface area (Å²) in [6.45, 7) is 2.93. The Labute approximate surface area is 126 Å². The highest BCUT2D eigenvalue weighted by molar-refractivity contribution is 7.89. The zero-order valence-electron chi connectivity index (χ0n) is 12.5. The van der Waals surface area contributed by atoms with Gasteiger partial charge in [0.1, 0.15) is 0 Å². The lowest BCUT2D eigenvalue weighted by atomic mass is 10.1. The van der Waals surface area contributed by atoms with E-state index in [1.807, 2.05) is 6.92 Å². The third-order valence-electron chi connectivity index (χ3n) is 3.82. The van der Waals surface area contributed by atoms with Gasteiger partial charge in [0, 0.05) is 20.2 Å². The first kappa shape index (κ1) is 16.4. The molecule has 0 spiro atoms. The Balaban J connectivity index is 2.17. The Kier molecular flexibility index (Phi) is 5.37. The highest BCUT2D eigenvalue weighted by Crippen LogP contribution is 2.23. The van der Waals surface area contributed by atoms with Gasteiger partial charge >= 0.3 is 0 Å². The zero-order chi connectivity index (χ0) is 15.5. The van der Waals surface area contributed by atoms with E-state index in [0.717, 1.165) is 12.8 Å². The molecule has 0 bridgehead atoms. The molecule has 1 fully saturated rings. The molecule has 0 aromatic heterocycles. The van der Waals surface area contributed by atoms with E-state index in [2.05, 4.69) is 0 Å². The Bertz CT molecular complexity index is 567. The van der Waals surface area contributed by atoms with Crippen molar-refractivity contribution in [1.29, 1.82) is 0 Å². The molecular formula is C15H23NO4S. The van der Waals surface area contributed by atoms with Crippen molar-refractivity contribution in [1.82, 2.24) is 4.31 Å². The minimum absolute atomic E-state index is 0.0193. The van der Waals surface area contributed by atoms with E-state index in [1.165, 1.54) is 4.31 Å². The summed E-state index contributed by atoms with van der Waals surface area (Å²) in [5.41, 5.74) is 0.629. The van der Waals surface area contributed by atoms with Gasteiger partial charge in [0.15, 0.2) is 0 Å². The van der Waals surface area contributed by atoms with E-state index >= 15 is 0 Å². The van der Waals surface area contributed by atoms with Crippen LogP contribution in [0.2, 0.25) is 0 Å². The number of rotatable bonds is 6. The lowest BCUT2D eigenvalue weighted by Crippen LogP contribution is -2.34. The molecule has 1 aromatic rings. The van der Waals surface area contributed by atoms with Crippen LogP contribution in [0.15, 0.2) is 29.2 Å². The highest BCUT2D eigenvalue weighted by Gasteiger charge is 2.26. The summed E-state index contributed by atoms with van der Waals surface area (Å²) >= 11 is 0. The number of aliphatic hydroxyl groups is 1. The zero-order valence-corrected chi connectivity index (χ0v) is 13.3. The van der Waals surface area contributed by atoms with E-state index in [-0.39, 0.29) is 11.0 Å². The summed E-state index contributed by atoms with van der Waals surface area (Å²) < 4.78 is 32.0. The first-order valence-electron chi connectivity index (χ1n) is 7.31. The van der Waals surface area contributed by atoms with E-state index < -0.39 is 16.1 Å². The van der Waals surface area contributed by atoms with Crippen LogP contribution in [-0.2, 0) is 14.8 Å². The van der Waals surface area contributed by atoms with Crippen LogP contribution in [0.5, 0.6) is 0 Å². The lowest BCUT2D eigenvalue weighted by molar-refractivity contribution is 0.0979. The fraction of sp³-hybridized carbons (Fsp3) is 0.600. The molecule has 5 nitrogen and oxygen atoms in total. The molecule has 1 aliphatic heterocycles. The number of nitrogens with zero attached hydrogens (tertiary/aromatic N) is 1. The van der Waals surface area contributed by atoms with Crippen LogP contribution >= 0.6 is 0 Å². The third kappa shape index (κ3) is 3.83. The van der Waals surface area contributed by atoms with Crippen molar-refractivity contribution in [3.8, 4) is 0 Å². The molecule has 2 rings (SSSR count). The summed E-state index contributed by atoms with van der Waals surface area (Å²) in [6, 6.07) is 6.52. The first-order chi connectivity index (χ1) is 9.95. The van der Waals surface area contributed by atoms with Gasteiger partial charge in [0.05, 0.1) is 17.1 Å². The molecule has 0 amide bonds. The van der Waals surface area contributed by atoms with Gasteiger partial charge in [-0.3, -0.25) is 0 Å². The van der Waals surface area contributed by atoms with Crippen LogP contribution in [0.4, 0.5) is 0 Å². The molecule has 1 aromatic carbocycles. The number of hydrogen-bond acceptors (Lipinski definition) is 4. The summed E-state index contributed by atoms with van der Waals surface area (Å²) in [4.78, 5) is 0.216. The number of likely N-dealkylation sites (N-methyl/N-ethyl adjacent to an activating group) is 1. The average molecular weight is 313 g/mol. The quantitative estimate of drug-likeness (QED) is 0.871. The van der Waals surface area contributed by atoms with Gasteiger partial charge in [-0.2, -0.15) is 4.31 Å². The van der Waals surface area contributed by atoms with Gasteiger partial charge in [0.2, 0.25) is 10.0 Å². The number of ether oxygens (including phenoxy) is 1. The molecule has 2 unspecified atom stereocenters. The summed E-state index contributed by atoms with van der Waals surface area (Å²) in [5.74, 6) is 0. The minimum Gasteiger partial charge on any atom is -0.388 e. The third-order valence-corrected chi connectivity index (χ3v) is 5.64. The Hall–Kier alpha value is -0.950. The van der Waals surface area contributed by atoms with Crippen LogP contribution in [-0.4, -0.2) is 44.1 Å². The molecule has 118 valence electrons. The van der Waals surface area contributed by atoms with Gasteiger partial charge in [-0.05, 0) is 37.0 Å². The molecule has 0 radical (unpaired) electrons. The Morgan fingerprint density at radius 2 is 2.24 bits per heavy atom. The summed E-state index contributed by atoms with van der Waals surface area (Å²) in [6.07, 6.45) is 1.78. The monoisotopic (exact) mass is 313 g/mol. The van der Waals surface area contributed by atoms with E-state index in [9.17, 15) is 13.5 Å². The molecule has 0 saturated carbocycles. The predicted octanol–water partition coefficient (Wildman–Crippen LogP) is 1.93. The minimum atomic E-state index is -3.55. The molecule has 21 heavy (non-hydrogen) atoms. The van der Waals surface area contributed by atoms with Crippen molar-refractivity contribution in [3.63, 3.8) is 0 Å². The van der Waals surface area contributed by atoms with Crippen molar-refractivity contribution < 1.29 is 18.3 Å². The second-order valence-corrected chi connectivity index (χ2v) is 7.46. The predicted molar refractivity (Wildman–Crippen MR) is 80.5 cm³/mol. The molecule has 1 heterocycles. The van der Waals surface area contributed by atoms with Crippen LogP contribution < -0.4 is 0 Å². The normalized spacial score (nSPS) is 20.9. The molecular weight excluding hydrogens is 290 g/mol. The fourth-order valence-corrected chi connectivity index (χ4v) is 3.73. The number of sulfonamides is 1. The van der Waals surface area contributed by atoms with Gasteiger partial charge in [0.25, 0.3) is 0 Å². The van der Waals surface area contributed by atoms with Gasteiger partial charge < -0.3 is 9.84 Å². The van der Waals surface area contributed by atoms with E-state index in [4.69, 9.17) is 4.74 Å². The largest absolute Gasteiger partial charge is 0.388 e. The molecule has 0 aliphatic carbocycles. The van der Waals surface area contributed by atoms with Gasteiger partial charge in [-0.1, -0.05) is 19.1 Å². The fourth-order valence-electron chi connectivity index (χ4n) is 2.47. The lowest BCUT2D eigenvalue weighted by Gasteiger charge is -2.21. The van der Waals surface area contributed by atoms with Crippen LogP contribution in [0.3, 0.4) is 0 Å². The van der Waals surface area contributed by atoms with Crippen molar-refractivity contribution in [2.45, 2.75) is 43.3 Å². The van der Waals surface area contributed by atoms with Gasteiger partial charge in [-0.25, -0.2) is 8.42 Å². The molecule has 1 N–H and O–H groups in total. The van der Waals surface area contributed by atoms with Crippen molar-refractivity contribution in [3.05, 3.63) is 29.8 Å². The maximum atomic E-state index is 12.6. The summed E-state index contributed by atoms with van der Waals surface area (Å²) in [5, 5.41) is 9.86. The van der Waals surface area contributed by atoms with Crippen molar-refractivity contribution in [2.75, 3.05) is 20.2 Å². The number of aliphatic hydroxyl groups excluding tert-OH is 1. The molecule has 1 saturated heterocycles. The van der Waals surface area contributed by atoms with Crippen molar-refractivity contribution >= 4 is 10.0 Å². The maximum absolute atomic E-state index is 12.6. The average Bonchev–Trinajstić information content (AvgIpc) is 2.99. The second kappa shape index (κ2) is 6.87. The molecule has 6 heteroatoms. The van der Waals surface area contributed by atoms with Crippen molar-refractivity contribution in [2.24, 2.45) is 0 Å². The van der Waals surface area contributed by atoms with Gasteiger partial charge in [-0.15, -0.1) is 0 Å². The number of benzene rings is 1. The first-order valence-corrected chi connectivity index (χ1v) is 8.75. The topological polar surface area (TPSA) is 66.8 Å². The highest BCUT2D eigenvalue weighted by atomic mass is 32.2. The van der Waals surface area contributed by atoms with Crippen LogP contribution in [0.25, 0.3) is 0 Å². The van der Waals surface area contributed by atoms with Crippen LogP contribution in [0.1, 0.15) is 37.9 Å². The number of hydrogen-bond donors (Lipinski definition) is 1. The second-order valence-electron chi connectivity index (χ2n) is 5.42. The standard InChI is InChI=1S/C15H23NO4S/c1-3-15(17)12-6-4-8-14(10-12)21(18,19)16(2)11-13-7-5-9-20-13/h4,6,8,10,13,15,17H,3,5,7,9,11H2,1-2H3. The van der Waals surface area contributed by atoms with E-state index in [1.54, 1.807) is 31.3 Å². The smallest absolute Gasteiger partial charge is 0.242 e. The maximum Gasteiger partial charge on any atom is 0.242 e. The molecule has 2 atom stereocenters. The summed E-state index contributed by atoms with van der Waals surface area (Å²) in [7, 11) is -1.98.